The quantitative estimate of drug-likeness (QED) is 0.643. The van der Waals surface area contributed by atoms with E-state index in [1.54, 1.807) is 6.07 Å². The highest BCUT2D eigenvalue weighted by molar-refractivity contribution is 5.86. The number of nitrogens with one attached hydrogen (secondary N) is 1. The number of rotatable bonds is 0. The first-order chi connectivity index (χ1) is 6.77. The van der Waals surface area contributed by atoms with E-state index in [4.69, 9.17) is 0 Å². The van der Waals surface area contributed by atoms with E-state index >= 15 is 0 Å². The van der Waals surface area contributed by atoms with Gasteiger partial charge >= 0.3 is 0 Å². The van der Waals surface area contributed by atoms with Crippen LogP contribution in [0.5, 0.6) is 5.75 Å². The molecule has 2 nitrogen and oxygen atoms in total. The van der Waals surface area contributed by atoms with Crippen LogP contribution < -0.4 is 10.6 Å². The van der Waals surface area contributed by atoms with Crippen molar-refractivity contribution in [1.82, 2.24) is 4.98 Å². The zero-order valence-electron chi connectivity index (χ0n) is 8.33. The summed E-state index contributed by atoms with van der Waals surface area (Å²) in [5.41, 5.74) is 0.814. The molecule has 0 bridgehead atoms. The monoisotopic (exact) mass is 187 g/mol. The second-order valence-corrected chi connectivity index (χ2v) is 3.23. The maximum absolute atomic E-state index is 9.64. The van der Waals surface area contributed by atoms with Crippen LogP contribution in [0.1, 0.15) is 13.8 Å². The minimum absolute atomic E-state index is 0.304. The Bertz CT molecular complexity index is 578. The Morgan fingerprint density at radius 3 is 2.64 bits per heavy atom. The molecule has 0 amide bonds. The van der Waals surface area contributed by atoms with Gasteiger partial charge in [-0.25, -0.2) is 0 Å². The van der Waals surface area contributed by atoms with Gasteiger partial charge in [-0.15, -0.1) is 0 Å². The van der Waals surface area contributed by atoms with Gasteiger partial charge in [0.25, 0.3) is 0 Å². The van der Waals surface area contributed by atoms with E-state index in [1.807, 2.05) is 38.1 Å². The van der Waals surface area contributed by atoms with Gasteiger partial charge in [-0.3, -0.25) is 0 Å². The first-order valence-corrected chi connectivity index (χ1v) is 4.70. The van der Waals surface area contributed by atoms with Crippen molar-refractivity contribution in [2.75, 3.05) is 0 Å². The Kier molecular flexibility index (Phi) is 2.04. The zero-order valence-corrected chi connectivity index (χ0v) is 8.33. The number of fused-ring (bicyclic) bond motifs is 1. The number of aromatic hydroxyl groups is 1. The minimum Gasteiger partial charge on any atom is -0.506 e. The molecule has 1 heterocycles. The van der Waals surface area contributed by atoms with Crippen LogP contribution in [0.25, 0.3) is 23.1 Å². The molecule has 2 rings (SSSR count). The van der Waals surface area contributed by atoms with Gasteiger partial charge in [0.05, 0.1) is 5.52 Å². The summed E-state index contributed by atoms with van der Waals surface area (Å²) in [5.74, 6) is 0.304. The molecular formula is C12H13NO. The van der Waals surface area contributed by atoms with E-state index in [9.17, 15) is 5.11 Å². The van der Waals surface area contributed by atoms with Crippen LogP contribution in [0, 0.1) is 0 Å². The number of aromatic nitrogens is 1. The average molecular weight is 187 g/mol. The van der Waals surface area contributed by atoms with Gasteiger partial charge in [0.15, 0.2) is 0 Å². The van der Waals surface area contributed by atoms with E-state index in [2.05, 4.69) is 4.98 Å². The molecule has 2 aromatic rings. The highest BCUT2D eigenvalue weighted by atomic mass is 16.3. The fraction of sp³-hybridized carbons (Fsp3) is 0.167. The van der Waals surface area contributed by atoms with Crippen molar-refractivity contribution in [3.63, 3.8) is 0 Å². The number of aromatic amines is 1. The van der Waals surface area contributed by atoms with Gasteiger partial charge in [-0.05, 0) is 19.9 Å². The average Bonchev–Trinajstić information content (AvgIpc) is 2.57. The summed E-state index contributed by atoms with van der Waals surface area (Å²) in [6.07, 6.45) is 4.06. The summed E-state index contributed by atoms with van der Waals surface area (Å²) in [5, 5.41) is 12.9. The molecule has 2 heteroatoms. The molecule has 2 N–H and O–H groups in total. The summed E-state index contributed by atoms with van der Waals surface area (Å²) in [7, 11) is 0. The van der Waals surface area contributed by atoms with Crippen molar-refractivity contribution in [3.05, 3.63) is 28.8 Å². The molecule has 14 heavy (non-hydrogen) atoms. The molecule has 0 aliphatic carbocycles. The second kappa shape index (κ2) is 3.22. The molecule has 0 fully saturated rings. The predicted octanol–water partition coefficient (Wildman–Crippen LogP) is 1.47. The van der Waals surface area contributed by atoms with Crippen molar-refractivity contribution in [1.29, 1.82) is 0 Å². The van der Waals surface area contributed by atoms with E-state index < -0.39 is 0 Å². The highest BCUT2D eigenvalue weighted by Gasteiger charge is 2.02. The molecule has 0 saturated heterocycles. The summed E-state index contributed by atoms with van der Waals surface area (Å²) >= 11 is 0. The maximum Gasteiger partial charge on any atom is 0.139 e. The lowest BCUT2D eigenvalue weighted by Gasteiger charge is -1.92. The van der Waals surface area contributed by atoms with Gasteiger partial charge < -0.3 is 10.1 Å². The molecule has 0 radical (unpaired) electrons. The predicted molar refractivity (Wildman–Crippen MR) is 59.5 cm³/mol. The zero-order chi connectivity index (χ0) is 10.1. The number of phenols is 1. The van der Waals surface area contributed by atoms with Crippen LogP contribution in [-0.4, -0.2) is 10.1 Å². The van der Waals surface area contributed by atoms with Gasteiger partial charge in [0.2, 0.25) is 0 Å². The first-order valence-electron chi connectivity index (χ1n) is 4.70. The summed E-state index contributed by atoms with van der Waals surface area (Å²) in [4.78, 5) is 3.20. The van der Waals surface area contributed by atoms with E-state index in [-0.39, 0.29) is 0 Å². The Hall–Kier alpha value is -1.70. The number of hydrogen-bond donors (Lipinski definition) is 2. The molecule has 72 valence electrons. The van der Waals surface area contributed by atoms with Gasteiger partial charge in [0, 0.05) is 16.0 Å². The second-order valence-electron chi connectivity index (χ2n) is 3.23. The largest absolute Gasteiger partial charge is 0.506 e. The Morgan fingerprint density at radius 2 is 2.00 bits per heavy atom. The number of benzene rings is 1. The molecule has 0 unspecified atom stereocenters. The SMILES string of the molecule is C/C=c1\c(=C/C)[nH]c2c(O)cccc12. The van der Waals surface area contributed by atoms with E-state index in [0.717, 1.165) is 21.5 Å². The Balaban J connectivity index is 3.11. The number of para-hydroxylation sites is 1. The van der Waals surface area contributed by atoms with Crippen LogP contribution in [-0.2, 0) is 0 Å². The molecule has 0 aliphatic heterocycles. The molecule has 0 atom stereocenters. The molecule has 0 saturated carbocycles. The molecule has 1 aromatic heterocycles. The fourth-order valence-electron chi connectivity index (χ4n) is 1.78. The van der Waals surface area contributed by atoms with Crippen LogP contribution in [0.2, 0.25) is 0 Å². The van der Waals surface area contributed by atoms with Crippen LogP contribution in [0.3, 0.4) is 0 Å². The highest BCUT2D eigenvalue weighted by Crippen LogP contribution is 2.17. The minimum atomic E-state index is 0.304. The molecule has 1 aromatic carbocycles. The third-order valence-electron chi connectivity index (χ3n) is 2.46. The Morgan fingerprint density at radius 1 is 1.21 bits per heavy atom. The van der Waals surface area contributed by atoms with Crippen molar-refractivity contribution in [2.24, 2.45) is 0 Å². The first kappa shape index (κ1) is 8.88. The van der Waals surface area contributed by atoms with Crippen LogP contribution in [0.4, 0.5) is 0 Å². The standard InChI is InChI=1S/C12H13NO/c1-3-8-9-6-5-7-11(14)12(9)13-10(8)4-2/h3-7,13-14H,1-2H3/b8-3-,10-4+. The fourth-order valence-corrected chi connectivity index (χ4v) is 1.78. The van der Waals surface area contributed by atoms with Crippen LogP contribution >= 0.6 is 0 Å². The summed E-state index contributed by atoms with van der Waals surface area (Å²) in [6, 6.07) is 5.56. The normalized spacial score (nSPS) is 14.1. The number of hydrogen-bond acceptors (Lipinski definition) is 1. The Labute approximate surface area is 82.2 Å². The molecule has 0 spiro atoms. The lowest BCUT2D eigenvalue weighted by Crippen LogP contribution is -2.21. The van der Waals surface area contributed by atoms with Crippen molar-refractivity contribution in [3.8, 4) is 5.75 Å². The lowest BCUT2D eigenvalue weighted by molar-refractivity contribution is 0.480. The third kappa shape index (κ3) is 1.11. The van der Waals surface area contributed by atoms with Gasteiger partial charge in [-0.2, -0.15) is 0 Å². The summed E-state index contributed by atoms with van der Waals surface area (Å²) < 4.78 is 0. The smallest absolute Gasteiger partial charge is 0.139 e. The number of H-pyrrole nitrogens is 1. The molecular weight excluding hydrogens is 174 g/mol. The van der Waals surface area contributed by atoms with Crippen molar-refractivity contribution in [2.45, 2.75) is 13.8 Å². The lowest BCUT2D eigenvalue weighted by atomic mass is 10.2. The molecule has 0 aliphatic rings. The maximum atomic E-state index is 9.64. The van der Waals surface area contributed by atoms with Crippen molar-refractivity contribution >= 4 is 23.1 Å². The van der Waals surface area contributed by atoms with E-state index in [1.165, 1.54) is 0 Å². The van der Waals surface area contributed by atoms with E-state index in [0.29, 0.717) is 5.75 Å². The topological polar surface area (TPSA) is 36.0 Å². The van der Waals surface area contributed by atoms with Gasteiger partial charge in [0.1, 0.15) is 5.75 Å². The number of phenolic OH excluding ortho intramolecular Hbond substituents is 1. The van der Waals surface area contributed by atoms with Gasteiger partial charge in [-0.1, -0.05) is 24.3 Å². The van der Waals surface area contributed by atoms with Crippen molar-refractivity contribution < 1.29 is 5.11 Å². The third-order valence-corrected chi connectivity index (χ3v) is 2.46. The summed E-state index contributed by atoms with van der Waals surface area (Å²) in [6.45, 7) is 3.98. The van der Waals surface area contributed by atoms with Crippen LogP contribution in [0.15, 0.2) is 18.2 Å².